The molecule has 324 valence electrons. The molecule has 2 aliphatic carbocycles. The highest BCUT2D eigenvalue weighted by molar-refractivity contribution is 6.18. The first-order valence-corrected chi connectivity index (χ1v) is 21.1. The van der Waals surface area contributed by atoms with Gasteiger partial charge in [0.2, 0.25) is 5.79 Å². The van der Waals surface area contributed by atoms with Crippen LogP contribution in [0.3, 0.4) is 0 Å². The minimum Gasteiger partial charge on any atom is -0.496 e. The number of hydrogen-bond acceptors (Lipinski definition) is 13. The number of oxime groups is 1. The standard InChI is InChI=1S/C44H59ClN2O12/c1-4-21-56-44-40(47(17-23-54-24-20-50)43(52)55-22-16-45)28-37(46-57-5-2)35-26-30(10-6-8-18-48)34(11-7-9-19-49)41(42(35)44)36-27-33(13-15-39(36)59-44)58-32-12-14-38(53-3)31(25-32)29-51/h4,12-15,25-27,29-30,34,40-42,48-50H,1,5-11,16-24,28H2,2-3H3/t30-,34+,40-,41+,42+,44+/m0/s1. The van der Waals surface area contributed by atoms with Crippen LogP contribution >= 0.6 is 11.6 Å². The van der Waals surface area contributed by atoms with Crippen molar-refractivity contribution in [3.05, 3.63) is 71.8 Å². The van der Waals surface area contributed by atoms with Gasteiger partial charge in [-0.1, -0.05) is 30.1 Å². The molecule has 1 heterocycles. The van der Waals surface area contributed by atoms with Crippen molar-refractivity contribution in [2.24, 2.45) is 22.9 Å². The molecule has 0 saturated heterocycles. The van der Waals surface area contributed by atoms with Crippen LogP contribution in [0.5, 0.6) is 23.0 Å². The molecule has 2 aromatic carbocycles. The van der Waals surface area contributed by atoms with Crippen LogP contribution in [0.4, 0.5) is 4.79 Å². The summed E-state index contributed by atoms with van der Waals surface area (Å²) < 4.78 is 37.3. The van der Waals surface area contributed by atoms with Gasteiger partial charge in [-0.15, -0.1) is 18.2 Å². The second kappa shape index (κ2) is 23.0. The van der Waals surface area contributed by atoms with E-state index in [0.717, 1.165) is 36.8 Å². The molecular weight excluding hydrogens is 784 g/mol. The fourth-order valence-corrected chi connectivity index (χ4v) is 8.85. The second-order valence-corrected chi connectivity index (χ2v) is 15.0. The summed E-state index contributed by atoms with van der Waals surface area (Å²) in [6.45, 7) is 6.36. The molecule has 5 rings (SSSR count). The number of nitrogens with zero attached hydrogens (tertiary/aromatic N) is 2. The summed E-state index contributed by atoms with van der Waals surface area (Å²) in [5, 5.41) is 33.9. The molecule has 1 amide bonds. The normalized spacial score (nSPS) is 23.6. The highest BCUT2D eigenvalue weighted by Gasteiger charge is 2.65. The van der Waals surface area contributed by atoms with Crippen LogP contribution in [0, 0.1) is 17.8 Å². The van der Waals surface area contributed by atoms with Gasteiger partial charge in [0.1, 0.15) is 42.3 Å². The number of aldehydes is 1. The van der Waals surface area contributed by atoms with E-state index in [0.29, 0.717) is 60.0 Å². The van der Waals surface area contributed by atoms with Gasteiger partial charge >= 0.3 is 6.09 Å². The summed E-state index contributed by atoms with van der Waals surface area (Å²) in [5.74, 6) is -0.343. The molecule has 0 unspecified atom stereocenters. The van der Waals surface area contributed by atoms with Gasteiger partial charge in [-0.2, -0.15) is 0 Å². The number of amides is 1. The minimum absolute atomic E-state index is 0.0158. The number of benzene rings is 2. The number of carbonyl (C=O) groups is 2. The van der Waals surface area contributed by atoms with Crippen molar-refractivity contribution in [3.8, 4) is 23.0 Å². The van der Waals surface area contributed by atoms with Gasteiger partial charge in [-0.25, -0.2) is 4.79 Å². The number of hydrogen-bond donors (Lipinski definition) is 3. The SMILES string of the molecule is C=CCO[C@@]12Oc3ccc(Oc4ccc(OC)c(C=O)c4)cc3[C@H]3[C@H](CCCCO)[C@@H](CCCCO)C=C(C(=NOCC)C[C@@H]1N(CCOCCO)C(=O)OCCCl)[C@H]32. The number of alkyl halides is 1. The fourth-order valence-electron chi connectivity index (χ4n) is 8.77. The van der Waals surface area contributed by atoms with E-state index in [-0.39, 0.29) is 82.8 Å². The van der Waals surface area contributed by atoms with E-state index in [4.69, 9.17) is 50.0 Å². The average Bonchev–Trinajstić information content (AvgIpc) is 3.25. The number of rotatable bonds is 25. The highest BCUT2D eigenvalue weighted by atomic mass is 35.5. The number of aliphatic hydroxyl groups is 3. The van der Waals surface area contributed by atoms with Crippen molar-refractivity contribution in [2.45, 2.75) is 69.6 Å². The quantitative estimate of drug-likeness (QED) is 0.0320. The Balaban J connectivity index is 1.76. The molecule has 2 aromatic rings. The second-order valence-electron chi connectivity index (χ2n) is 14.6. The topological polar surface area (TPSA) is 175 Å². The van der Waals surface area contributed by atoms with Gasteiger partial charge < -0.3 is 48.6 Å². The summed E-state index contributed by atoms with van der Waals surface area (Å²) in [4.78, 5) is 33.4. The molecule has 1 saturated carbocycles. The maximum absolute atomic E-state index is 14.1. The first kappa shape index (κ1) is 45.9. The molecule has 1 aliphatic heterocycles. The molecule has 6 atom stereocenters. The Labute approximate surface area is 351 Å². The van der Waals surface area contributed by atoms with Crippen LogP contribution in [-0.4, -0.2) is 123 Å². The predicted octanol–water partition coefficient (Wildman–Crippen LogP) is 6.64. The molecular formula is C44H59ClN2O12. The number of unbranched alkanes of at least 4 members (excludes halogenated alkanes) is 2. The zero-order chi connectivity index (χ0) is 42.2. The third-order valence-corrected chi connectivity index (χ3v) is 11.3. The van der Waals surface area contributed by atoms with Gasteiger partial charge in [0, 0.05) is 37.7 Å². The zero-order valence-electron chi connectivity index (χ0n) is 34.1. The number of carbonyl (C=O) groups excluding carboxylic acids is 2. The van der Waals surface area contributed by atoms with Crippen molar-refractivity contribution in [1.29, 1.82) is 0 Å². The van der Waals surface area contributed by atoms with E-state index in [1.54, 1.807) is 35.2 Å². The minimum atomic E-state index is -1.51. The third kappa shape index (κ3) is 10.8. The molecule has 14 nitrogen and oxygen atoms in total. The zero-order valence-corrected chi connectivity index (χ0v) is 34.9. The average molecular weight is 843 g/mol. The number of allylic oxidation sites excluding steroid dienone is 1. The van der Waals surface area contributed by atoms with Gasteiger partial charge in [0.05, 0.1) is 56.6 Å². The lowest BCUT2D eigenvalue weighted by atomic mass is 9.55. The number of aliphatic hydroxyl groups excluding tert-OH is 3. The number of fused-ring (bicyclic) bond motifs is 2. The van der Waals surface area contributed by atoms with Crippen molar-refractivity contribution in [3.63, 3.8) is 0 Å². The summed E-state index contributed by atoms with van der Waals surface area (Å²) in [6, 6.07) is 9.80. The van der Waals surface area contributed by atoms with Crippen molar-refractivity contribution >= 4 is 29.7 Å². The Hall–Kier alpha value is -4.18. The van der Waals surface area contributed by atoms with Gasteiger partial charge in [0.15, 0.2) is 6.29 Å². The lowest BCUT2D eigenvalue weighted by Gasteiger charge is -2.59. The van der Waals surface area contributed by atoms with Crippen LogP contribution in [-0.2, 0) is 19.0 Å². The molecule has 0 aromatic heterocycles. The molecule has 0 spiro atoms. The third-order valence-electron chi connectivity index (χ3n) is 11.1. The fraction of sp³-hybridized carbons (Fsp3) is 0.568. The van der Waals surface area contributed by atoms with E-state index in [2.05, 4.69) is 12.7 Å². The van der Waals surface area contributed by atoms with E-state index in [1.165, 1.54) is 7.11 Å². The summed E-state index contributed by atoms with van der Waals surface area (Å²) >= 11 is 6.00. The predicted molar refractivity (Wildman–Crippen MR) is 222 cm³/mol. The van der Waals surface area contributed by atoms with Gasteiger partial charge in [-0.05, 0) is 86.4 Å². The summed E-state index contributed by atoms with van der Waals surface area (Å²) in [7, 11) is 1.50. The number of ether oxygens (including phenoxy) is 6. The van der Waals surface area contributed by atoms with Crippen molar-refractivity contribution < 1.29 is 58.2 Å². The lowest BCUT2D eigenvalue weighted by molar-refractivity contribution is -0.256. The van der Waals surface area contributed by atoms with Crippen molar-refractivity contribution in [2.75, 3.05) is 72.4 Å². The van der Waals surface area contributed by atoms with Crippen molar-refractivity contribution in [1.82, 2.24) is 4.90 Å². The molecule has 1 fully saturated rings. The Morgan fingerprint density at radius 3 is 2.49 bits per heavy atom. The number of methoxy groups -OCH3 is 1. The maximum atomic E-state index is 14.1. The molecule has 3 aliphatic rings. The Morgan fingerprint density at radius 1 is 1.03 bits per heavy atom. The van der Waals surface area contributed by atoms with E-state index < -0.39 is 23.8 Å². The largest absolute Gasteiger partial charge is 0.496 e. The smallest absolute Gasteiger partial charge is 0.410 e. The van der Waals surface area contributed by atoms with Crippen LogP contribution in [0.2, 0.25) is 0 Å². The first-order valence-electron chi connectivity index (χ1n) is 20.5. The van der Waals surface area contributed by atoms with Crippen LogP contribution < -0.4 is 14.2 Å². The van der Waals surface area contributed by atoms with Crippen LogP contribution in [0.15, 0.2) is 65.9 Å². The molecule has 3 N–H and O–H groups in total. The molecule has 0 radical (unpaired) electrons. The Morgan fingerprint density at radius 2 is 1.80 bits per heavy atom. The lowest BCUT2D eigenvalue weighted by Crippen LogP contribution is -2.70. The van der Waals surface area contributed by atoms with Crippen LogP contribution in [0.1, 0.15) is 73.7 Å². The van der Waals surface area contributed by atoms with Crippen LogP contribution in [0.25, 0.3) is 0 Å². The molecule has 59 heavy (non-hydrogen) atoms. The van der Waals surface area contributed by atoms with E-state index >= 15 is 0 Å². The monoisotopic (exact) mass is 842 g/mol. The Bertz CT molecular complexity index is 1760. The van der Waals surface area contributed by atoms with E-state index in [9.17, 15) is 24.9 Å². The van der Waals surface area contributed by atoms with Gasteiger partial charge in [-0.3, -0.25) is 9.69 Å². The molecule has 0 bridgehead atoms. The number of halogens is 1. The highest BCUT2D eigenvalue weighted by Crippen LogP contribution is 2.62. The maximum Gasteiger partial charge on any atom is 0.410 e. The van der Waals surface area contributed by atoms with E-state index in [1.807, 2.05) is 19.1 Å². The molecule has 15 heteroatoms. The Kier molecular flexibility index (Phi) is 17.9. The first-order chi connectivity index (χ1) is 28.8. The summed E-state index contributed by atoms with van der Waals surface area (Å²) in [6.07, 6.45) is 8.48. The van der Waals surface area contributed by atoms with Gasteiger partial charge in [0.25, 0.3) is 0 Å². The summed E-state index contributed by atoms with van der Waals surface area (Å²) in [5.41, 5.74) is 2.72.